The predicted octanol–water partition coefficient (Wildman–Crippen LogP) is 2.55. The zero-order chi connectivity index (χ0) is 13.1. The highest BCUT2D eigenvalue weighted by molar-refractivity contribution is 9.10. The molecule has 0 atom stereocenters. The highest BCUT2D eigenvalue weighted by atomic mass is 79.9. The maximum Gasteiger partial charge on any atom is 0.226 e. The molecule has 0 spiro atoms. The van der Waals surface area contributed by atoms with Gasteiger partial charge in [0, 0.05) is 10.5 Å². The predicted molar refractivity (Wildman–Crippen MR) is 73.5 cm³/mol. The van der Waals surface area contributed by atoms with Gasteiger partial charge in [0.1, 0.15) is 11.6 Å². The van der Waals surface area contributed by atoms with Crippen molar-refractivity contribution in [2.75, 3.05) is 11.2 Å². The number of nitrogens with zero attached hydrogens (tertiary/aromatic N) is 2. The van der Waals surface area contributed by atoms with Gasteiger partial charge in [-0.3, -0.25) is 0 Å². The number of nitrogens with two attached hydrogens (primary N) is 2. The molecule has 6 nitrogen and oxygen atoms in total. The van der Waals surface area contributed by atoms with Crippen molar-refractivity contribution in [3.05, 3.63) is 33.8 Å². The fourth-order valence-corrected chi connectivity index (χ4v) is 1.95. The Labute approximate surface area is 116 Å². The smallest absolute Gasteiger partial charge is 0.226 e. The molecular formula is C10H9BrClN5O. The lowest BCUT2D eigenvalue weighted by Crippen LogP contribution is -2.10. The van der Waals surface area contributed by atoms with E-state index in [1.165, 1.54) is 6.07 Å². The zero-order valence-corrected chi connectivity index (χ0v) is 11.4. The van der Waals surface area contributed by atoms with E-state index >= 15 is 0 Å². The van der Waals surface area contributed by atoms with Gasteiger partial charge in [-0.2, -0.15) is 9.97 Å². The van der Waals surface area contributed by atoms with E-state index in [4.69, 9.17) is 27.9 Å². The van der Waals surface area contributed by atoms with Crippen LogP contribution >= 0.6 is 27.5 Å². The highest BCUT2D eigenvalue weighted by Crippen LogP contribution is 2.31. The van der Waals surface area contributed by atoms with Crippen molar-refractivity contribution < 1.29 is 4.74 Å². The number of hydrazine groups is 1. The number of ether oxygens (including phenoxy) is 1. The summed E-state index contributed by atoms with van der Waals surface area (Å²) in [7, 11) is 0. The third kappa shape index (κ3) is 3.00. The topological polar surface area (TPSA) is 99.1 Å². The van der Waals surface area contributed by atoms with Crippen LogP contribution in [0.4, 0.5) is 11.8 Å². The number of hydrogen-bond acceptors (Lipinski definition) is 6. The second kappa shape index (κ2) is 5.38. The number of aromatic nitrogens is 2. The van der Waals surface area contributed by atoms with E-state index < -0.39 is 0 Å². The Morgan fingerprint density at radius 3 is 2.72 bits per heavy atom. The van der Waals surface area contributed by atoms with Gasteiger partial charge in [0.05, 0.1) is 5.02 Å². The lowest BCUT2D eigenvalue weighted by Gasteiger charge is -2.08. The summed E-state index contributed by atoms with van der Waals surface area (Å²) in [5.74, 6) is 6.36. The minimum atomic E-state index is 0.0497. The molecule has 0 bridgehead atoms. The van der Waals surface area contributed by atoms with Gasteiger partial charge >= 0.3 is 0 Å². The Morgan fingerprint density at radius 1 is 1.28 bits per heavy atom. The zero-order valence-electron chi connectivity index (χ0n) is 9.02. The second-order valence-corrected chi connectivity index (χ2v) is 4.59. The Morgan fingerprint density at radius 2 is 2.06 bits per heavy atom. The van der Waals surface area contributed by atoms with Crippen LogP contribution in [0.15, 0.2) is 28.7 Å². The number of hydrogen-bond donors (Lipinski definition) is 3. The van der Waals surface area contributed by atoms with E-state index in [1.54, 1.807) is 18.2 Å². The average molecular weight is 331 g/mol. The molecule has 2 rings (SSSR count). The van der Waals surface area contributed by atoms with E-state index in [2.05, 4.69) is 31.3 Å². The van der Waals surface area contributed by atoms with Gasteiger partial charge in [-0.15, -0.1) is 0 Å². The molecule has 0 amide bonds. The van der Waals surface area contributed by atoms with E-state index in [1.807, 2.05) is 0 Å². The van der Waals surface area contributed by atoms with Crippen LogP contribution < -0.4 is 21.7 Å². The molecule has 18 heavy (non-hydrogen) atoms. The van der Waals surface area contributed by atoms with Gasteiger partial charge in [0.25, 0.3) is 0 Å². The molecule has 1 aromatic carbocycles. The maximum atomic E-state index is 6.02. The summed E-state index contributed by atoms with van der Waals surface area (Å²) in [6, 6.07) is 6.73. The van der Waals surface area contributed by atoms with Gasteiger partial charge in [0.15, 0.2) is 0 Å². The SMILES string of the molecule is NNc1cc(Oc2ccc(Br)cc2Cl)nc(N)n1. The molecule has 1 aromatic heterocycles. The number of anilines is 2. The van der Waals surface area contributed by atoms with Gasteiger partial charge in [-0.25, -0.2) is 5.84 Å². The number of halogens is 2. The molecule has 2 aromatic rings. The quantitative estimate of drug-likeness (QED) is 0.591. The van der Waals surface area contributed by atoms with Crippen LogP contribution in [0.3, 0.4) is 0 Å². The first-order valence-electron chi connectivity index (χ1n) is 4.82. The average Bonchev–Trinajstić information content (AvgIpc) is 2.32. The Kier molecular flexibility index (Phi) is 3.85. The monoisotopic (exact) mass is 329 g/mol. The van der Waals surface area contributed by atoms with Crippen LogP contribution in [0.1, 0.15) is 0 Å². The Hall–Kier alpha value is -1.57. The van der Waals surface area contributed by atoms with Crippen molar-refractivity contribution >= 4 is 39.3 Å². The number of rotatable bonds is 3. The van der Waals surface area contributed by atoms with Crippen LogP contribution in [0.25, 0.3) is 0 Å². The van der Waals surface area contributed by atoms with Crippen molar-refractivity contribution in [2.24, 2.45) is 5.84 Å². The first-order valence-corrected chi connectivity index (χ1v) is 5.99. The lowest BCUT2D eigenvalue weighted by atomic mass is 10.3. The normalized spacial score (nSPS) is 10.2. The summed E-state index contributed by atoms with van der Waals surface area (Å²) in [6.45, 7) is 0. The molecular weight excluding hydrogens is 322 g/mol. The number of benzene rings is 1. The largest absolute Gasteiger partial charge is 0.437 e. The molecule has 0 radical (unpaired) electrons. The van der Waals surface area contributed by atoms with Crippen LogP contribution in [-0.4, -0.2) is 9.97 Å². The molecule has 0 saturated heterocycles. The number of nitrogens with one attached hydrogen (secondary N) is 1. The molecule has 0 aliphatic rings. The first kappa shape index (κ1) is 12.9. The molecule has 0 unspecified atom stereocenters. The van der Waals surface area contributed by atoms with E-state index in [0.29, 0.717) is 16.6 Å². The molecule has 0 aliphatic carbocycles. The summed E-state index contributed by atoms with van der Waals surface area (Å²) in [5, 5.41) is 0.448. The van der Waals surface area contributed by atoms with Crippen LogP contribution in [-0.2, 0) is 0 Å². The van der Waals surface area contributed by atoms with E-state index in [0.717, 1.165) is 4.47 Å². The second-order valence-electron chi connectivity index (χ2n) is 3.27. The minimum absolute atomic E-state index is 0.0497. The van der Waals surface area contributed by atoms with Crippen LogP contribution in [0.5, 0.6) is 11.6 Å². The van der Waals surface area contributed by atoms with E-state index in [9.17, 15) is 0 Å². The van der Waals surface area contributed by atoms with Crippen molar-refractivity contribution in [1.29, 1.82) is 0 Å². The van der Waals surface area contributed by atoms with Crippen molar-refractivity contribution in [1.82, 2.24) is 9.97 Å². The summed E-state index contributed by atoms with van der Waals surface area (Å²) in [6.07, 6.45) is 0. The molecule has 1 heterocycles. The van der Waals surface area contributed by atoms with Gasteiger partial charge < -0.3 is 15.9 Å². The third-order valence-corrected chi connectivity index (χ3v) is 2.76. The summed E-state index contributed by atoms with van der Waals surface area (Å²) in [4.78, 5) is 7.76. The van der Waals surface area contributed by atoms with Crippen LogP contribution in [0.2, 0.25) is 5.02 Å². The van der Waals surface area contributed by atoms with Crippen molar-refractivity contribution in [2.45, 2.75) is 0 Å². The Bertz CT molecular complexity index is 580. The molecule has 0 aliphatic heterocycles. The summed E-state index contributed by atoms with van der Waals surface area (Å²) >= 11 is 9.33. The Balaban J connectivity index is 2.30. The number of nitrogen functional groups attached to an aromatic ring is 2. The molecule has 94 valence electrons. The molecule has 5 N–H and O–H groups in total. The van der Waals surface area contributed by atoms with Crippen molar-refractivity contribution in [3.63, 3.8) is 0 Å². The van der Waals surface area contributed by atoms with Gasteiger partial charge in [-0.1, -0.05) is 27.5 Å². The standard InChI is InChI=1S/C10H9BrClN5O/c11-5-1-2-7(6(12)3-5)18-9-4-8(17-14)15-10(13)16-9/h1-4H,14H2,(H3,13,15,16,17). The van der Waals surface area contributed by atoms with Gasteiger partial charge in [0.2, 0.25) is 11.8 Å². The highest BCUT2D eigenvalue weighted by Gasteiger charge is 2.07. The van der Waals surface area contributed by atoms with Crippen molar-refractivity contribution in [3.8, 4) is 11.6 Å². The van der Waals surface area contributed by atoms with E-state index in [-0.39, 0.29) is 11.8 Å². The van der Waals surface area contributed by atoms with Crippen LogP contribution in [0, 0.1) is 0 Å². The summed E-state index contributed by atoms with van der Waals surface area (Å²) in [5.41, 5.74) is 7.88. The molecule has 0 fully saturated rings. The molecule has 0 saturated carbocycles. The fraction of sp³-hybridized carbons (Fsp3) is 0. The maximum absolute atomic E-state index is 6.02. The summed E-state index contributed by atoms with van der Waals surface area (Å²) < 4.78 is 6.36. The lowest BCUT2D eigenvalue weighted by molar-refractivity contribution is 0.463. The minimum Gasteiger partial charge on any atom is -0.437 e. The molecule has 8 heteroatoms. The van der Waals surface area contributed by atoms with Gasteiger partial charge in [-0.05, 0) is 18.2 Å². The third-order valence-electron chi connectivity index (χ3n) is 1.98. The first-order chi connectivity index (χ1) is 8.58. The fourth-order valence-electron chi connectivity index (χ4n) is 1.24.